The zero-order valence-electron chi connectivity index (χ0n) is 13.3. The molecule has 3 amide bonds. The van der Waals surface area contributed by atoms with Crippen molar-refractivity contribution in [3.8, 4) is 5.75 Å². The Hall–Kier alpha value is -2.31. The molecule has 1 aliphatic rings. The zero-order valence-corrected chi connectivity index (χ0v) is 13.3. The average molecular weight is 323 g/mol. The Morgan fingerprint density at radius 1 is 1.39 bits per heavy atom. The molecule has 126 valence electrons. The van der Waals surface area contributed by atoms with Crippen LogP contribution in [0.5, 0.6) is 5.75 Å². The van der Waals surface area contributed by atoms with Gasteiger partial charge in [-0.3, -0.25) is 4.79 Å². The number of urea groups is 1. The number of halogens is 1. The standard InChI is InChI=1S/C16H22FN3O3/c1-10(2)23-11-6-7-13(12(17)9-11)19-16(22)20-14-5-3-4-8-18-15(14)21/h6-7,9-10,14H,3-5,8H2,1-2H3,(H,18,21)(H2,19,20,22)/t14-/m1/s1. The van der Waals surface area contributed by atoms with Gasteiger partial charge >= 0.3 is 6.03 Å². The van der Waals surface area contributed by atoms with Crippen LogP contribution in [0.25, 0.3) is 0 Å². The van der Waals surface area contributed by atoms with E-state index in [1.165, 1.54) is 12.1 Å². The second kappa shape index (κ2) is 7.80. The van der Waals surface area contributed by atoms with Crippen LogP contribution in [0.3, 0.4) is 0 Å². The maximum atomic E-state index is 14.0. The molecule has 1 fully saturated rings. The number of benzene rings is 1. The number of rotatable bonds is 4. The molecule has 1 aromatic carbocycles. The largest absolute Gasteiger partial charge is 0.491 e. The lowest BCUT2D eigenvalue weighted by molar-refractivity contribution is -0.122. The molecule has 1 saturated heterocycles. The molecule has 0 unspecified atom stereocenters. The van der Waals surface area contributed by atoms with Crippen molar-refractivity contribution >= 4 is 17.6 Å². The first-order valence-corrected chi connectivity index (χ1v) is 7.77. The Bertz CT molecular complexity index is 578. The highest BCUT2D eigenvalue weighted by atomic mass is 19.1. The minimum atomic E-state index is -0.608. The Kier molecular flexibility index (Phi) is 5.78. The number of ether oxygens (including phenoxy) is 1. The summed E-state index contributed by atoms with van der Waals surface area (Å²) < 4.78 is 19.4. The number of nitrogens with one attached hydrogen (secondary N) is 3. The molecule has 0 radical (unpaired) electrons. The van der Waals surface area contributed by atoms with Gasteiger partial charge in [0.05, 0.1) is 11.8 Å². The van der Waals surface area contributed by atoms with Crippen LogP contribution in [-0.4, -0.2) is 30.6 Å². The van der Waals surface area contributed by atoms with Gasteiger partial charge in [-0.1, -0.05) is 0 Å². The number of hydrogen-bond donors (Lipinski definition) is 3. The fourth-order valence-corrected chi connectivity index (χ4v) is 2.34. The van der Waals surface area contributed by atoms with E-state index >= 15 is 0 Å². The summed E-state index contributed by atoms with van der Waals surface area (Å²) >= 11 is 0. The molecule has 23 heavy (non-hydrogen) atoms. The summed E-state index contributed by atoms with van der Waals surface area (Å²) in [6, 6.07) is 3.03. The summed E-state index contributed by atoms with van der Waals surface area (Å²) in [6.45, 7) is 4.30. The van der Waals surface area contributed by atoms with Gasteiger partial charge in [0, 0.05) is 12.6 Å². The highest BCUT2D eigenvalue weighted by Gasteiger charge is 2.22. The van der Waals surface area contributed by atoms with Crippen LogP contribution in [-0.2, 0) is 4.79 Å². The quantitative estimate of drug-likeness (QED) is 0.796. The molecule has 6 nitrogen and oxygen atoms in total. The van der Waals surface area contributed by atoms with E-state index in [0.29, 0.717) is 18.7 Å². The highest BCUT2D eigenvalue weighted by molar-refractivity contribution is 5.93. The topological polar surface area (TPSA) is 79.5 Å². The molecule has 1 atom stereocenters. The Morgan fingerprint density at radius 3 is 2.87 bits per heavy atom. The first kappa shape index (κ1) is 17.1. The van der Waals surface area contributed by atoms with Crippen LogP contribution in [0.15, 0.2) is 18.2 Å². The molecular weight excluding hydrogens is 301 g/mol. The third-order valence-electron chi connectivity index (χ3n) is 3.40. The summed E-state index contributed by atoms with van der Waals surface area (Å²) in [5.41, 5.74) is 0.0348. The van der Waals surface area contributed by atoms with E-state index in [4.69, 9.17) is 4.74 Å². The van der Waals surface area contributed by atoms with Gasteiger partial charge in [-0.25, -0.2) is 9.18 Å². The van der Waals surface area contributed by atoms with Gasteiger partial charge in [0.25, 0.3) is 0 Å². The van der Waals surface area contributed by atoms with Crippen LogP contribution in [0.1, 0.15) is 33.1 Å². The van der Waals surface area contributed by atoms with Crippen LogP contribution in [0.4, 0.5) is 14.9 Å². The van der Waals surface area contributed by atoms with Crippen LogP contribution in [0.2, 0.25) is 0 Å². The number of anilines is 1. The molecule has 1 heterocycles. The summed E-state index contributed by atoms with van der Waals surface area (Å²) in [5, 5.41) is 7.72. The molecule has 1 aromatic rings. The van der Waals surface area contributed by atoms with Crippen LogP contribution >= 0.6 is 0 Å². The maximum absolute atomic E-state index is 14.0. The Morgan fingerprint density at radius 2 is 2.17 bits per heavy atom. The van der Waals surface area contributed by atoms with Crippen molar-refractivity contribution in [1.29, 1.82) is 0 Å². The van der Waals surface area contributed by atoms with Crippen molar-refractivity contribution in [1.82, 2.24) is 10.6 Å². The molecule has 0 bridgehead atoms. The van der Waals surface area contributed by atoms with Gasteiger partial charge in [-0.05, 0) is 45.2 Å². The van der Waals surface area contributed by atoms with Gasteiger partial charge in [-0.2, -0.15) is 0 Å². The lowest BCUT2D eigenvalue weighted by Gasteiger charge is -2.16. The molecular formula is C16H22FN3O3. The van der Waals surface area contributed by atoms with Crippen molar-refractivity contribution < 1.29 is 18.7 Å². The summed E-state index contributed by atoms with van der Waals surface area (Å²) in [4.78, 5) is 23.7. The summed E-state index contributed by atoms with van der Waals surface area (Å²) in [6.07, 6.45) is 2.24. The van der Waals surface area contributed by atoms with Crippen molar-refractivity contribution in [2.24, 2.45) is 0 Å². The summed E-state index contributed by atoms with van der Waals surface area (Å²) in [5.74, 6) is -0.408. The number of hydrogen-bond acceptors (Lipinski definition) is 3. The molecule has 0 saturated carbocycles. The first-order chi connectivity index (χ1) is 11.0. The van der Waals surface area contributed by atoms with Gasteiger partial charge in [0.2, 0.25) is 5.91 Å². The third kappa shape index (κ3) is 5.12. The molecule has 2 rings (SSSR count). The Balaban J connectivity index is 1.95. The first-order valence-electron chi connectivity index (χ1n) is 7.77. The van der Waals surface area contributed by atoms with Crippen molar-refractivity contribution in [2.75, 3.05) is 11.9 Å². The van der Waals surface area contributed by atoms with Gasteiger partial charge in [0.1, 0.15) is 17.6 Å². The minimum Gasteiger partial charge on any atom is -0.491 e. The maximum Gasteiger partial charge on any atom is 0.319 e. The predicted molar refractivity (Wildman–Crippen MR) is 85.0 cm³/mol. The molecule has 0 aromatic heterocycles. The molecule has 3 N–H and O–H groups in total. The van der Waals surface area contributed by atoms with E-state index in [2.05, 4.69) is 16.0 Å². The second-order valence-electron chi connectivity index (χ2n) is 5.75. The molecule has 7 heteroatoms. The van der Waals surface area contributed by atoms with E-state index in [0.717, 1.165) is 12.8 Å². The molecule has 0 spiro atoms. The predicted octanol–water partition coefficient (Wildman–Crippen LogP) is 2.40. The lowest BCUT2D eigenvalue weighted by Crippen LogP contribution is -2.47. The fourth-order valence-electron chi connectivity index (χ4n) is 2.34. The van der Waals surface area contributed by atoms with Gasteiger partial charge in [0.15, 0.2) is 0 Å². The van der Waals surface area contributed by atoms with E-state index in [-0.39, 0.29) is 17.7 Å². The van der Waals surface area contributed by atoms with Crippen molar-refractivity contribution in [3.63, 3.8) is 0 Å². The number of carbonyl (C=O) groups excluding carboxylic acids is 2. The van der Waals surface area contributed by atoms with E-state index in [1.54, 1.807) is 6.07 Å². The fraction of sp³-hybridized carbons (Fsp3) is 0.500. The second-order valence-corrected chi connectivity index (χ2v) is 5.75. The number of amides is 3. The van der Waals surface area contributed by atoms with E-state index in [1.807, 2.05) is 13.8 Å². The summed E-state index contributed by atoms with van der Waals surface area (Å²) in [7, 11) is 0. The van der Waals surface area contributed by atoms with Crippen LogP contribution in [0, 0.1) is 5.82 Å². The normalized spacial score (nSPS) is 18.1. The molecule has 1 aliphatic heterocycles. The SMILES string of the molecule is CC(C)Oc1ccc(NC(=O)N[C@@H]2CCCCNC2=O)c(F)c1. The lowest BCUT2D eigenvalue weighted by atomic mass is 10.1. The minimum absolute atomic E-state index is 0.0348. The average Bonchev–Trinajstić information content (AvgIpc) is 2.66. The van der Waals surface area contributed by atoms with Crippen molar-refractivity contribution in [2.45, 2.75) is 45.3 Å². The van der Waals surface area contributed by atoms with Gasteiger partial charge < -0.3 is 20.7 Å². The van der Waals surface area contributed by atoms with Crippen molar-refractivity contribution in [3.05, 3.63) is 24.0 Å². The highest BCUT2D eigenvalue weighted by Crippen LogP contribution is 2.21. The van der Waals surface area contributed by atoms with Crippen LogP contribution < -0.4 is 20.7 Å². The zero-order chi connectivity index (χ0) is 16.8. The van der Waals surface area contributed by atoms with Gasteiger partial charge in [-0.15, -0.1) is 0 Å². The third-order valence-corrected chi connectivity index (χ3v) is 3.40. The van der Waals surface area contributed by atoms with E-state index < -0.39 is 17.9 Å². The monoisotopic (exact) mass is 323 g/mol. The Labute approximate surface area is 134 Å². The van der Waals surface area contributed by atoms with E-state index in [9.17, 15) is 14.0 Å². The smallest absolute Gasteiger partial charge is 0.319 e. The number of carbonyl (C=O) groups is 2. The molecule has 0 aliphatic carbocycles.